The molecule has 0 spiro atoms. The first kappa shape index (κ1) is 11.6. The van der Waals surface area contributed by atoms with E-state index in [2.05, 4.69) is 6.58 Å². The minimum absolute atomic E-state index is 0.0667. The van der Waals surface area contributed by atoms with Crippen molar-refractivity contribution < 1.29 is 14.6 Å². The average molecular weight is 208 g/mol. The van der Waals surface area contributed by atoms with Gasteiger partial charge in [-0.05, 0) is 30.7 Å². The van der Waals surface area contributed by atoms with Gasteiger partial charge in [0.15, 0.2) is 0 Å². The van der Waals surface area contributed by atoms with E-state index >= 15 is 0 Å². The van der Waals surface area contributed by atoms with Gasteiger partial charge >= 0.3 is 0 Å². The molecule has 82 valence electrons. The third kappa shape index (κ3) is 3.29. The number of rotatable bonds is 5. The Bertz CT molecular complexity index is 345. The van der Waals surface area contributed by atoms with Crippen LogP contribution in [-0.4, -0.2) is 18.8 Å². The smallest absolute Gasteiger partial charge is 0.125 e. The predicted octanol–water partition coefficient (Wildman–Crippen LogP) is 2.14. The molecule has 0 heterocycles. The highest BCUT2D eigenvalue weighted by Gasteiger charge is 2.04. The molecule has 0 aliphatic rings. The number of aliphatic hydroxyl groups excluding tert-OH is 1. The summed E-state index contributed by atoms with van der Waals surface area (Å²) in [5.41, 5.74) is 1.66. The van der Waals surface area contributed by atoms with Crippen LogP contribution in [0.3, 0.4) is 0 Å². The minimum atomic E-state index is -0.0667. The van der Waals surface area contributed by atoms with Gasteiger partial charge in [-0.3, -0.25) is 0 Å². The van der Waals surface area contributed by atoms with Crippen LogP contribution in [0.2, 0.25) is 0 Å². The maximum atomic E-state index is 9.15. The molecule has 0 radical (unpaired) electrons. The van der Waals surface area contributed by atoms with Crippen LogP contribution in [0.4, 0.5) is 0 Å². The van der Waals surface area contributed by atoms with Gasteiger partial charge in [0, 0.05) is 5.56 Å². The molecule has 3 heteroatoms. The summed E-state index contributed by atoms with van der Waals surface area (Å²) < 4.78 is 10.5. The van der Waals surface area contributed by atoms with Crippen molar-refractivity contribution in [1.82, 2.24) is 0 Å². The normalized spacial score (nSPS) is 9.80. The van der Waals surface area contributed by atoms with E-state index < -0.39 is 0 Å². The second kappa shape index (κ2) is 5.41. The van der Waals surface area contributed by atoms with Crippen molar-refractivity contribution in [2.24, 2.45) is 0 Å². The first-order chi connectivity index (χ1) is 7.17. The summed E-state index contributed by atoms with van der Waals surface area (Å²) in [5.74, 6) is 1.38. The molecule has 3 nitrogen and oxygen atoms in total. The summed E-state index contributed by atoms with van der Waals surface area (Å²) in [6.45, 7) is 6.03. The van der Waals surface area contributed by atoms with Gasteiger partial charge in [-0.15, -0.1) is 0 Å². The molecule has 0 unspecified atom stereocenters. The van der Waals surface area contributed by atoms with Crippen molar-refractivity contribution in [2.75, 3.05) is 13.7 Å². The highest BCUT2D eigenvalue weighted by Crippen LogP contribution is 2.24. The molecule has 0 fully saturated rings. The molecule has 0 atom stereocenters. The minimum Gasteiger partial charge on any atom is -0.497 e. The van der Waals surface area contributed by atoms with E-state index in [9.17, 15) is 0 Å². The van der Waals surface area contributed by atoms with Crippen molar-refractivity contribution in [3.63, 3.8) is 0 Å². The van der Waals surface area contributed by atoms with Crippen molar-refractivity contribution in [3.8, 4) is 11.5 Å². The number of aliphatic hydroxyl groups is 1. The fourth-order valence-electron chi connectivity index (χ4n) is 1.15. The molecule has 0 saturated heterocycles. The van der Waals surface area contributed by atoms with Gasteiger partial charge in [-0.2, -0.15) is 0 Å². The topological polar surface area (TPSA) is 38.7 Å². The summed E-state index contributed by atoms with van der Waals surface area (Å²) >= 11 is 0. The van der Waals surface area contributed by atoms with Crippen LogP contribution >= 0.6 is 0 Å². The van der Waals surface area contributed by atoms with Gasteiger partial charge < -0.3 is 14.6 Å². The maximum Gasteiger partial charge on any atom is 0.125 e. The van der Waals surface area contributed by atoms with Crippen LogP contribution in [0.5, 0.6) is 11.5 Å². The molecule has 0 aromatic heterocycles. The molecule has 15 heavy (non-hydrogen) atoms. The van der Waals surface area contributed by atoms with E-state index in [0.29, 0.717) is 18.1 Å². The Hall–Kier alpha value is -1.48. The quantitative estimate of drug-likeness (QED) is 0.753. The van der Waals surface area contributed by atoms with E-state index in [1.54, 1.807) is 25.3 Å². The molecule has 1 N–H and O–H groups in total. The van der Waals surface area contributed by atoms with Gasteiger partial charge in [0.1, 0.15) is 18.1 Å². The first-order valence-electron chi connectivity index (χ1n) is 4.72. The highest BCUT2D eigenvalue weighted by atomic mass is 16.5. The second-order valence-corrected chi connectivity index (χ2v) is 3.38. The third-order valence-electron chi connectivity index (χ3n) is 1.91. The molecule has 0 aliphatic heterocycles. The lowest BCUT2D eigenvalue weighted by atomic mass is 10.2. The van der Waals surface area contributed by atoms with E-state index in [-0.39, 0.29) is 6.61 Å². The Balaban J connectivity index is 2.82. The van der Waals surface area contributed by atoms with Crippen molar-refractivity contribution in [1.29, 1.82) is 0 Å². The van der Waals surface area contributed by atoms with Gasteiger partial charge in [0.05, 0.1) is 13.7 Å². The molecular formula is C12H16O3. The molecule has 1 rings (SSSR count). The summed E-state index contributed by atoms with van der Waals surface area (Å²) in [6.07, 6.45) is 0. The molecule has 1 aromatic rings. The zero-order valence-corrected chi connectivity index (χ0v) is 9.12. The fraction of sp³-hybridized carbons (Fsp3) is 0.333. The lowest BCUT2D eigenvalue weighted by Crippen LogP contribution is -2.01. The van der Waals surface area contributed by atoms with Crippen LogP contribution in [-0.2, 0) is 6.61 Å². The van der Waals surface area contributed by atoms with Crippen LogP contribution < -0.4 is 9.47 Å². The maximum absolute atomic E-state index is 9.15. The Morgan fingerprint density at radius 1 is 1.47 bits per heavy atom. The molecule has 1 aromatic carbocycles. The van der Waals surface area contributed by atoms with Crippen LogP contribution in [0, 0.1) is 0 Å². The number of hydrogen-bond donors (Lipinski definition) is 1. The number of methoxy groups -OCH3 is 1. The summed E-state index contributed by atoms with van der Waals surface area (Å²) in [6, 6.07) is 5.34. The van der Waals surface area contributed by atoms with Crippen LogP contribution in [0.15, 0.2) is 30.4 Å². The molecule has 0 aliphatic carbocycles. The number of ether oxygens (including phenoxy) is 2. The van der Waals surface area contributed by atoms with Crippen molar-refractivity contribution >= 4 is 0 Å². The van der Waals surface area contributed by atoms with E-state index in [4.69, 9.17) is 14.6 Å². The molecule has 0 amide bonds. The predicted molar refractivity (Wildman–Crippen MR) is 59.2 cm³/mol. The summed E-state index contributed by atoms with van der Waals surface area (Å²) in [5, 5.41) is 9.15. The van der Waals surface area contributed by atoms with Gasteiger partial charge in [-0.1, -0.05) is 6.58 Å². The zero-order valence-electron chi connectivity index (χ0n) is 9.12. The monoisotopic (exact) mass is 208 g/mol. The second-order valence-electron chi connectivity index (χ2n) is 3.38. The third-order valence-corrected chi connectivity index (χ3v) is 1.91. The Labute approximate surface area is 90.0 Å². The van der Waals surface area contributed by atoms with E-state index in [1.807, 2.05) is 6.92 Å². The van der Waals surface area contributed by atoms with E-state index in [0.717, 1.165) is 11.1 Å². The fourth-order valence-corrected chi connectivity index (χ4v) is 1.15. The van der Waals surface area contributed by atoms with E-state index in [1.165, 1.54) is 0 Å². The average Bonchev–Trinajstić information content (AvgIpc) is 2.25. The number of hydrogen-bond acceptors (Lipinski definition) is 3. The van der Waals surface area contributed by atoms with Crippen LogP contribution in [0.1, 0.15) is 12.5 Å². The van der Waals surface area contributed by atoms with Crippen LogP contribution in [0.25, 0.3) is 0 Å². The molecular weight excluding hydrogens is 192 g/mol. The first-order valence-corrected chi connectivity index (χ1v) is 4.72. The van der Waals surface area contributed by atoms with Crippen molar-refractivity contribution in [3.05, 3.63) is 35.9 Å². The van der Waals surface area contributed by atoms with Gasteiger partial charge in [0.2, 0.25) is 0 Å². The highest BCUT2D eigenvalue weighted by molar-refractivity contribution is 5.40. The number of benzene rings is 1. The van der Waals surface area contributed by atoms with Gasteiger partial charge in [-0.25, -0.2) is 0 Å². The Morgan fingerprint density at radius 2 is 2.20 bits per heavy atom. The lowest BCUT2D eigenvalue weighted by molar-refractivity contribution is 0.267. The zero-order chi connectivity index (χ0) is 11.3. The summed E-state index contributed by atoms with van der Waals surface area (Å²) in [7, 11) is 1.59. The molecule has 0 bridgehead atoms. The molecule has 0 saturated carbocycles. The Morgan fingerprint density at radius 3 is 2.73 bits per heavy atom. The Kier molecular flexibility index (Phi) is 4.18. The SMILES string of the molecule is C=C(C)COc1ccc(OC)cc1CO. The lowest BCUT2D eigenvalue weighted by Gasteiger charge is -2.11. The largest absolute Gasteiger partial charge is 0.497 e. The van der Waals surface area contributed by atoms with Crippen molar-refractivity contribution in [2.45, 2.75) is 13.5 Å². The standard InChI is InChI=1S/C12H16O3/c1-9(2)8-15-12-5-4-11(14-3)6-10(12)7-13/h4-6,13H,1,7-8H2,2-3H3. The summed E-state index contributed by atoms with van der Waals surface area (Å²) in [4.78, 5) is 0. The van der Waals surface area contributed by atoms with Gasteiger partial charge in [0.25, 0.3) is 0 Å².